The zero-order chi connectivity index (χ0) is 27.7. The predicted molar refractivity (Wildman–Crippen MR) is 137 cm³/mol. The lowest BCUT2D eigenvalue weighted by Crippen LogP contribution is -2.59. The number of ether oxygens (including phenoxy) is 1. The lowest BCUT2D eigenvalue weighted by atomic mass is 9.83. The second-order valence-electron chi connectivity index (χ2n) is 12.2. The molecule has 3 rings (SSSR count). The molecule has 0 aromatic carbocycles. The number of carbonyl (C=O) groups is 5. The monoisotopic (exact) mass is 518 g/mol. The van der Waals surface area contributed by atoms with Gasteiger partial charge < -0.3 is 26.0 Å². The first kappa shape index (κ1) is 28.7. The van der Waals surface area contributed by atoms with Gasteiger partial charge in [0, 0.05) is 6.54 Å². The molecule has 2 saturated carbocycles. The Balaban J connectivity index is 1.86. The Bertz CT molecular complexity index is 949. The standard InChI is InChI=1S/C27H42N4O6/c1-7-11-17(21(32)22(28)33)29-23(34)20-18-16(27(18,5)6)14-31(20)24(35)19(15-12-9-8-10-13-15)30-25(36)37-26(2,3)4/h7,15-20H,1,8-14H2,2-6H3,(H2,28,33)(H,29,34)(H,30,36)/t16?,17?,18-,19-,20-/m0/s1. The fourth-order valence-electron chi connectivity index (χ4n) is 6.10. The van der Waals surface area contributed by atoms with Crippen molar-refractivity contribution < 1.29 is 28.7 Å². The molecule has 0 aromatic rings. The Labute approximate surface area is 219 Å². The van der Waals surface area contributed by atoms with Crippen LogP contribution in [0.15, 0.2) is 12.7 Å². The van der Waals surface area contributed by atoms with Crippen LogP contribution in [0.1, 0.15) is 73.1 Å². The van der Waals surface area contributed by atoms with Crippen molar-refractivity contribution in [3.05, 3.63) is 12.7 Å². The van der Waals surface area contributed by atoms with E-state index in [1.165, 1.54) is 6.08 Å². The number of Topliss-reactive ketones (excluding diaryl/α,β-unsaturated/α-hetero) is 1. The highest BCUT2D eigenvalue weighted by atomic mass is 16.6. The average molecular weight is 519 g/mol. The van der Waals surface area contributed by atoms with E-state index in [0.29, 0.717) is 6.54 Å². The molecule has 1 heterocycles. The highest BCUT2D eigenvalue weighted by Crippen LogP contribution is 2.65. The van der Waals surface area contributed by atoms with Gasteiger partial charge in [-0.1, -0.05) is 39.2 Å². The van der Waals surface area contributed by atoms with Crippen LogP contribution in [0.25, 0.3) is 0 Å². The van der Waals surface area contributed by atoms with Crippen LogP contribution in [0, 0.1) is 23.2 Å². The predicted octanol–water partition coefficient (Wildman–Crippen LogP) is 2.06. The number of primary amides is 1. The van der Waals surface area contributed by atoms with Crippen LogP contribution in [-0.2, 0) is 23.9 Å². The van der Waals surface area contributed by atoms with Crippen LogP contribution < -0.4 is 16.4 Å². The minimum Gasteiger partial charge on any atom is -0.444 e. The summed E-state index contributed by atoms with van der Waals surface area (Å²) in [7, 11) is 0. The first-order chi connectivity index (χ1) is 17.2. The quantitative estimate of drug-likeness (QED) is 0.314. The van der Waals surface area contributed by atoms with Crippen LogP contribution in [0.3, 0.4) is 0 Å². The first-order valence-electron chi connectivity index (χ1n) is 13.2. The molecule has 0 bridgehead atoms. The summed E-state index contributed by atoms with van der Waals surface area (Å²) in [4.78, 5) is 65.6. The van der Waals surface area contributed by atoms with E-state index in [1.807, 2.05) is 0 Å². The van der Waals surface area contributed by atoms with Gasteiger partial charge in [0.2, 0.25) is 17.6 Å². The normalized spacial score (nSPS) is 26.3. The van der Waals surface area contributed by atoms with Gasteiger partial charge in [-0.15, -0.1) is 6.58 Å². The Morgan fingerprint density at radius 2 is 1.73 bits per heavy atom. The van der Waals surface area contributed by atoms with E-state index in [2.05, 4.69) is 31.1 Å². The molecule has 2 unspecified atom stereocenters. The van der Waals surface area contributed by atoms with E-state index in [4.69, 9.17) is 10.5 Å². The number of carbonyl (C=O) groups excluding carboxylic acids is 5. The van der Waals surface area contributed by atoms with E-state index in [-0.39, 0.29) is 35.5 Å². The minimum atomic E-state index is -1.14. The maximum atomic E-state index is 14.0. The second-order valence-corrected chi connectivity index (χ2v) is 12.2. The summed E-state index contributed by atoms with van der Waals surface area (Å²) >= 11 is 0. The molecule has 2 aliphatic carbocycles. The van der Waals surface area contributed by atoms with Crippen molar-refractivity contribution in [3.8, 4) is 0 Å². The van der Waals surface area contributed by atoms with Crippen molar-refractivity contribution in [2.75, 3.05) is 6.54 Å². The van der Waals surface area contributed by atoms with Crippen molar-refractivity contribution in [2.24, 2.45) is 28.9 Å². The highest BCUT2D eigenvalue weighted by Gasteiger charge is 2.69. The third-order valence-corrected chi connectivity index (χ3v) is 8.10. The molecule has 1 saturated heterocycles. The van der Waals surface area contributed by atoms with Gasteiger partial charge in [-0.05, 0) is 63.2 Å². The maximum Gasteiger partial charge on any atom is 0.408 e. The number of nitrogens with two attached hydrogens (primary N) is 1. The average Bonchev–Trinajstić information content (AvgIpc) is 3.14. The third kappa shape index (κ3) is 6.33. The molecular formula is C27H42N4O6. The summed E-state index contributed by atoms with van der Waals surface area (Å²) in [5.74, 6) is -2.93. The molecule has 4 amide bonds. The number of alkyl carbamates (subject to hydrolysis) is 1. The van der Waals surface area contributed by atoms with Crippen molar-refractivity contribution in [3.63, 3.8) is 0 Å². The zero-order valence-corrected chi connectivity index (χ0v) is 22.7. The molecule has 10 nitrogen and oxygen atoms in total. The van der Waals surface area contributed by atoms with Gasteiger partial charge in [0.05, 0.1) is 0 Å². The maximum absolute atomic E-state index is 14.0. The number of ketones is 1. The summed E-state index contributed by atoms with van der Waals surface area (Å²) in [5, 5.41) is 5.46. The number of nitrogens with one attached hydrogen (secondary N) is 2. The molecule has 10 heteroatoms. The van der Waals surface area contributed by atoms with Gasteiger partial charge in [0.1, 0.15) is 23.7 Å². The Morgan fingerprint density at radius 3 is 2.27 bits per heavy atom. The second kappa shape index (κ2) is 10.8. The van der Waals surface area contributed by atoms with Gasteiger partial charge >= 0.3 is 6.09 Å². The lowest BCUT2D eigenvalue weighted by Gasteiger charge is -2.37. The van der Waals surface area contributed by atoms with Crippen LogP contribution >= 0.6 is 0 Å². The molecule has 206 valence electrons. The minimum absolute atomic E-state index is 0.0383. The molecule has 0 radical (unpaired) electrons. The molecule has 3 aliphatic rings. The number of amides is 4. The summed E-state index contributed by atoms with van der Waals surface area (Å²) in [6, 6.07) is -2.79. The largest absolute Gasteiger partial charge is 0.444 e. The van der Waals surface area contributed by atoms with Crippen LogP contribution in [0.2, 0.25) is 0 Å². The summed E-state index contributed by atoms with van der Waals surface area (Å²) in [6.45, 7) is 13.3. The van der Waals surface area contributed by atoms with E-state index in [0.717, 1.165) is 32.1 Å². The van der Waals surface area contributed by atoms with Gasteiger partial charge in [0.25, 0.3) is 5.91 Å². The fourth-order valence-corrected chi connectivity index (χ4v) is 6.10. The van der Waals surface area contributed by atoms with Crippen LogP contribution in [-0.4, -0.2) is 64.8 Å². The van der Waals surface area contributed by atoms with E-state index in [9.17, 15) is 24.0 Å². The van der Waals surface area contributed by atoms with E-state index in [1.54, 1.807) is 25.7 Å². The molecule has 4 N–H and O–H groups in total. The Kier molecular flexibility index (Phi) is 8.39. The summed E-state index contributed by atoms with van der Waals surface area (Å²) < 4.78 is 5.45. The number of rotatable bonds is 9. The molecule has 1 aliphatic heterocycles. The number of hydrogen-bond donors (Lipinski definition) is 3. The summed E-state index contributed by atoms with van der Waals surface area (Å²) in [6.07, 6.45) is 5.40. The van der Waals surface area contributed by atoms with Gasteiger partial charge in [0.15, 0.2) is 0 Å². The number of nitrogens with zero attached hydrogens (tertiary/aromatic N) is 1. The SMILES string of the molecule is C=CCC(NC(=O)[C@@H]1[C@@H]2C(CN1C(=O)[C@@H](NC(=O)OC(C)(C)C)C1CCCCC1)C2(C)C)C(=O)C(N)=O. The zero-order valence-electron chi connectivity index (χ0n) is 22.7. The smallest absolute Gasteiger partial charge is 0.408 e. The van der Waals surface area contributed by atoms with E-state index < -0.39 is 47.4 Å². The molecule has 5 atom stereocenters. The molecule has 0 spiro atoms. The third-order valence-electron chi connectivity index (χ3n) is 8.10. The van der Waals surface area contributed by atoms with Gasteiger partial charge in [-0.2, -0.15) is 0 Å². The topological polar surface area (TPSA) is 148 Å². The number of likely N-dealkylation sites (tertiary alicyclic amines) is 1. The Morgan fingerprint density at radius 1 is 1.11 bits per heavy atom. The number of hydrogen-bond acceptors (Lipinski definition) is 6. The van der Waals surface area contributed by atoms with E-state index >= 15 is 0 Å². The van der Waals surface area contributed by atoms with Crippen molar-refractivity contribution >= 4 is 29.6 Å². The van der Waals surface area contributed by atoms with Crippen molar-refractivity contribution in [1.82, 2.24) is 15.5 Å². The highest BCUT2D eigenvalue weighted by molar-refractivity contribution is 6.37. The molecule has 3 fully saturated rings. The first-order valence-corrected chi connectivity index (χ1v) is 13.2. The number of fused-ring (bicyclic) bond motifs is 1. The summed E-state index contributed by atoms with van der Waals surface area (Å²) in [5.41, 5.74) is 4.30. The van der Waals surface area contributed by atoms with Crippen LogP contribution in [0.5, 0.6) is 0 Å². The molecule has 0 aromatic heterocycles. The van der Waals surface area contributed by atoms with Gasteiger partial charge in [-0.3, -0.25) is 19.2 Å². The number of piperidine rings is 1. The van der Waals surface area contributed by atoms with Crippen molar-refractivity contribution in [1.29, 1.82) is 0 Å². The van der Waals surface area contributed by atoms with Crippen molar-refractivity contribution in [2.45, 2.75) is 96.9 Å². The fraction of sp³-hybridized carbons (Fsp3) is 0.741. The molecular weight excluding hydrogens is 476 g/mol. The molecule has 37 heavy (non-hydrogen) atoms. The Hall–Kier alpha value is -2.91. The van der Waals surface area contributed by atoms with Crippen LogP contribution in [0.4, 0.5) is 4.79 Å². The lowest BCUT2D eigenvalue weighted by molar-refractivity contribution is -0.144. The van der Waals surface area contributed by atoms with Gasteiger partial charge in [-0.25, -0.2) is 4.79 Å².